The van der Waals surface area contributed by atoms with Gasteiger partial charge in [-0.25, -0.2) is 9.38 Å². The van der Waals surface area contributed by atoms with Crippen LogP contribution in [0.3, 0.4) is 0 Å². The first-order chi connectivity index (χ1) is 12.6. The van der Waals surface area contributed by atoms with Crippen molar-refractivity contribution in [2.75, 3.05) is 18.4 Å². The average molecular weight is 484 g/mol. The Kier molecular flexibility index (Phi) is 10.4. The van der Waals surface area contributed by atoms with E-state index in [1.165, 1.54) is 17.7 Å². The van der Waals surface area contributed by atoms with Crippen LogP contribution in [0.4, 0.5) is 10.1 Å². The molecule has 5 nitrogen and oxygen atoms in total. The van der Waals surface area contributed by atoms with Crippen LogP contribution in [0.1, 0.15) is 25.0 Å². The molecule has 0 saturated heterocycles. The van der Waals surface area contributed by atoms with Gasteiger partial charge in [0.05, 0.1) is 13.1 Å². The van der Waals surface area contributed by atoms with E-state index < -0.39 is 0 Å². The van der Waals surface area contributed by atoms with E-state index in [4.69, 9.17) is 0 Å². The molecule has 27 heavy (non-hydrogen) atoms. The number of hydrogen-bond donors (Lipinski definition) is 3. The number of hydrogen-bond acceptors (Lipinski definition) is 2. The van der Waals surface area contributed by atoms with Crippen molar-refractivity contribution in [3.63, 3.8) is 0 Å². The molecule has 146 valence electrons. The van der Waals surface area contributed by atoms with Gasteiger partial charge in [-0.3, -0.25) is 4.79 Å². The molecule has 0 fully saturated rings. The number of halogens is 2. The predicted octanol–water partition coefficient (Wildman–Crippen LogP) is 3.70. The lowest BCUT2D eigenvalue weighted by atomic mass is 10.1. The van der Waals surface area contributed by atoms with Gasteiger partial charge in [-0.1, -0.05) is 31.2 Å². The van der Waals surface area contributed by atoms with Gasteiger partial charge in [-0.2, -0.15) is 0 Å². The molecule has 3 N–H and O–H groups in total. The maximum absolute atomic E-state index is 13.2. The molecule has 0 unspecified atom stereocenters. The molecular formula is C20H26FIN4O. The molecule has 0 aromatic heterocycles. The van der Waals surface area contributed by atoms with Gasteiger partial charge in [0.25, 0.3) is 0 Å². The molecule has 1 amide bonds. The van der Waals surface area contributed by atoms with Crippen molar-refractivity contribution in [3.8, 4) is 0 Å². The van der Waals surface area contributed by atoms with Crippen molar-refractivity contribution < 1.29 is 9.18 Å². The molecule has 0 aliphatic rings. The van der Waals surface area contributed by atoms with E-state index in [2.05, 4.69) is 27.9 Å². The van der Waals surface area contributed by atoms with Gasteiger partial charge in [0.15, 0.2) is 5.96 Å². The van der Waals surface area contributed by atoms with Gasteiger partial charge in [0.1, 0.15) is 5.82 Å². The maximum atomic E-state index is 13.2. The molecule has 7 heteroatoms. The second kappa shape index (κ2) is 12.3. The van der Waals surface area contributed by atoms with Crippen molar-refractivity contribution in [2.45, 2.75) is 26.8 Å². The van der Waals surface area contributed by atoms with Gasteiger partial charge in [-0.15, -0.1) is 24.0 Å². The van der Waals surface area contributed by atoms with Crippen LogP contribution in [-0.4, -0.2) is 25.0 Å². The summed E-state index contributed by atoms with van der Waals surface area (Å²) in [6.07, 6.45) is 0.916. The molecule has 2 aromatic rings. The fraction of sp³-hybridized carbons (Fsp3) is 0.300. The highest BCUT2D eigenvalue weighted by Crippen LogP contribution is 2.10. The first-order valence-corrected chi connectivity index (χ1v) is 8.76. The van der Waals surface area contributed by atoms with Gasteiger partial charge in [0.2, 0.25) is 5.91 Å². The predicted molar refractivity (Wildman–Crippen MR) is 119 cm³/mol. The lowest BCUT2D eigenvalue weighted by Crippen LogP contribution is -2.41. The molecule has 0 aliphatic carbocycles. The van der Waals surface area contributed by atoms with Crippen molar-refractivity contribution in [3.05, 3.63) is 65.5 Å². The monoisotopic (exact) mass is 484 g/mol. The lowest BCUT2D eigenvalue weighted by Gasteiger charge is -2.12. The highest BCUT2D eigenvalue weighted by molar-refractivity contribution is 14.0. The second-order valence-corrected chi connectivity index (χ2v) is 5.78. The highest BCUT2D eigenvalue weighted by atomic mass is 127. The second-order valence-electron chi connectivity index (χ2n) is 5.78. The maximum Gasteiger partial charge on any atom is 0.243 e. The zero-order valence-electron chi connectivity index (χ0n) is 15.6. The number of nitrogens with one attached hydrogen (secondary N) is 3. The minimum absolute atomic E-state index is 0. The van der Waals surface area contributed by atoms with Gasteiger partial charge >= 0.3 is 0 Å². The fourth-order valence-electron chi connectivity index (χ4n) is 2.39. The third-order valence-corrected chi connectivity index (χ3v) is 3.69. The molecular weight excluding hydrogens is 458 g/mol. The zero-order valence-corrected chi connectivity index (χ0v) is 17.9. The summed E-state index contributed by atoms with van der Waals surface area (Å²) in [6, 6.07) is 14.1. The van der Waals surface area contributed by atoms with E-state index >= 15 is 0 Å². The molecule has 0 heterocycles. The molecule has 2 rings (SSSR count). The number of carbonyl (C=O) groups excluding carboxylic acids is 1. The standard InChI is InChI=1S/C20H25FN4O.HI/c1-3-15-7-6-10-18(12-15)25-19(26)14-24-20(22-4-2)23-13-16-8-5-9-17(21)11-16;/h5-12H,3-4,13-14H2,1-2H3,(H,25,26)(H2,22,23,24);1H. The smallest absolute Gasteiger partial charge is 0.243 e. The Labute approximate surface area is 176 Å². The number of rotatable bonds is 7. The van der Waals surface area contributed by atoms with E-state index in [1.807, 2.05) is 37.3 Å². The first kappa shape index (κ1) is 22.9. The zero-order chi connectivity index (χ0) is 18.8. The van der Waals surface area contributed by atoms with Crippen LogP contribution in [-0.2, 0) is 17.8 Å². The van der Waals surface area contributed by atoms with E-state index in [-0.39, 0.29) is 42.2 Å². The Morgan fingerprint density at radius 3 is 2.48 bits per heavy atom. The number of aryl methyl sites for hydroxylation is 1. The third kappa shape index (κ3) is 8.38. The lowest BCUT2D eigenvalue weighted by molar-refractivity contribution is -0.115. The average Bonchev–Trinajstić information content (AvgIpc) is 2.64. The summed E-state index contributed by atoms with van der Waals surface area (Å²) in [7, 11) is 0. The number of aliphatic imine (C=N–C) groups is 1. The SMILES string of the molecule is CCNC(=NCc1cccc(F)c1)NCC(=O)Nc1cccc(CC)c1.I. The van der Waals surface area contributed by atoms with Crippen LogP contribution in [0.2, 0.25) is 0 Å². The van der Waals surface area contributed by atoms with E-state index in [0.717, 1.165) is 17.7 Å². The summed E-state index contributed by atoms with van der Waals surface area (Å²) < 4.78 is 13.2. The van der Waals surface area contributed by atoms with E-state index in [1.54, 1.807) is 6.07 Å². The number of carbonyl (C=O) groups is 1. The van der Waals surface area contributed by atoms with Gasteiger partial charge < -0.3 is 16.0 Å². The summed E-state index contributed by atoms with van der Waals surface area (Å²) in [6.45, 7) is 5.09. The minimum atomic E-state index is -0.288. The van der Waals surface area contributed by atoms with Crippen LogP contribution in [0.15, 0.2) is 53.5 Å². The topological polar surface area (TPSA) is 65.5 Å². The number of anilines is 1. The largest absolute Gasteiger partial charge is 0.357 e. The summed E-state index contributed by atoms with van der Waals surface area (Å²) in [5.41, 5.74) is 2.71. The summed E-state index contributed by atoms with van der Waals surface area (Å²) in [5, 5.41) is 8.92. The fourth-order valence-corrected chi connectivity index (χ4v) is 2.39. The molecule has 0 spiro atoms. The number of benzene rings is 2. The number of nitrogens with zero attached hydrogens (tertiary/aromatic N) is 1. The quantitative estimate of drug-likeness (QED) is 0.319. The highest BCUT2D eigenvalue weighted by Gasteiger charge is 2.05. The Morgan fingerprint density at radius 2 is 1.78 bits per heavy atom. The van der Waals surface area contributed by atoms with Gasteiger partial charge in [-0.05, 0) is 48.7 Å². The van der Waals surface area contributed by atoms with Gasteiger partial charge in [0, 0.05) is 12.2 Å². The van der Waals surface area contributed by atoms with E-state index in [0.29, 0.717) is 19.0 Å². The Bertz CT molecular complexity index is 767. The van der Waals surface area contributed by atoms with Crippen molar-refractivity contribution in [1.29, 1.82) is 0 Å². The first-order valence-electron chi connectivity index (χ1n) is 8.76. The Morgan fingerprint density at radius 1 is 1.04 bits per heavy atom. The Balaban J connectivity index is 0.00000364. The van der Waals surface area contributed by atoms with Crippen LogP contribution >= 0.6 is 24.0 Å². The van der Waals surface area contributed by atoms with Crippen molar-refractivity contribution >= 4 is 41.5 Å². The molecule has 0 bridgehead atoms. The third-order valence-electron chi connectivity index (χ3n) is 3.69. The minimum Gasteiger partial charge on any atom is -0.357 e. The van der Waals surface area contributed by atoms with Crippen LogP contribution in [0.25, 0.3) is 0 Å². The van der Waals surface area contributed by atoms with Crippen LogP contribution < -0.4 is 16.0 Å². The molecule has 0 aliphatic heterocycles. The number of amides is 1. The molecule has 2 aromatic carbocycles. The Hall–Kier alpha value is -2.16. The number of guanidine groups is 1. The van der Waals surface area contributed by atoms with Crippen LogP contribution in [0.5, 0.6) is 0 Å². The summed E-state index contributed by atoms with van der Waals surface area (Å²) >= 11 is 0. The van der Waals surface area contributed by atoms with Crippen LogP contribution in [0, 0.1) is 5.82 Å². The molecule has 0 atom stereocenters. The van der Waals surface area contributed by atoms with Crippen molar-refractivity contribution in [2.24, 2.45) is 4.99 Å². The van der Waals surface area contributed by atoms with E-state index in [9.17, 15) is 9.18 Å². The summed E-state index contributed by atoms with van der Waals surface area (Å²) in [4.78, 5) is 16.5. The normalized spacial score (nSPS) is 10.7. The molecule has 0 radical (unpaired) electrons. The summed E-state index contributed by atoms with van der Waals surface area (Å²) in [5.74, 6) is 0.0631. The van der Waals surface area contributed by atoms with Crippen molar-refractivity contribution in [1.82, 2.24) is 10.6 Å². The molecule has 0 saturated carbocycles.